The van der Waals surface area contributed by atoms with E-state index in [9.17, 15) is 12.8 Å². The molecule has 4 nitrogen and oxygen atoms in total. The van der Waals surface area contributed by atoms with Crippen LogP contribution in [0, 0.1) is 5.82 Å². The van der Waals surface area contributed by atoms with Gasteiger partial charge in [-0.1, -0.05) is 19.1 Å². The van der Waals surface area contributed by atoms with Crippen LogP contribution in [0.4, 0.5) is 4.39 Å². The zero-order valence-electron chi connectivity index (χ0n) is 12.0. The van der Waals surface area contributed by atoms with Crippen LogP contribution in [0.25, 0.3) is 0 Å². The molecule has 0 radical (unpaired) electrons. The van der Waals surface area contributed by atoms with Gasteiger partial charge in [0.05, 0.1) is 5.75 Å². The van der Waals surface area contributed by atoms with Gasteiger partial charge in [-0.05, 0) is 44.0 Å². The first-order valence-electron chi connectivity index (χ1n) is 6.88. The minimum absolute atomic E-state index is 0.0702. The first-order chi connectivity index (χ1) is 9.43. The molecule has 0 aliphatic carbocycles. The van der Waals surface area contributed by atoms with Crippen LogP contribution in [0.1, 0.15) is 25.8 Å². The molecule has 0 saturated carbocycles. The molecule has 0 fully saturated rings. The van der Waals surface area contributed by atoms with Crippen LogP contribution in [-0.4, -0.2) is 33.3 Å². The van der Waals surface area contributed by atoms with Crippen molar-refractivity contribution in [3.63, 3.8) is 0 Å². The molecule has 1 aromatic carbocycles. The zero-order chi connectivity index (χ0) is 15.0. The fraction of sp³-hybridized carbons (Fsp3) is 0.571. The van der Waals surface area contributed by atoms with Crippen molar-refractivity contribution in [2.24, 2.45) is 0 Å². The molecule has 1 unspecified atom stereocenters. The first-order valence-corrected chi connectivity index (χ1v) is 8.53. The largest absolute Gasteiger partial charge is 0.316 e. The van der Waals surface area contributed by atoms with Crippen molar-refractivity contribution < 1.29 is 12.8 Å². The SMILES string of the molecule is CCCNCCS(=O)(=O)NC(C)Cc1ccc(F)cc1. The average molecular weight is 302 g/mol. The Hall–Kier alpha value is -0.980. The maximum Gasteiger partial charge on any atom is 0.213 e. The Morgan fingerprint density at radius 1 is 1.20 bits per heavy atom. The predicted molar refractivity (Wildman–Crippen MR) is 79.6 cm³/mol. The topological polar surface area (TPSA) is 58.2 Å². The number of halogens is 1. The molecule has 114 valence electrons. The highest BCUT2D eigenvalue weighted by Crippen LogP contribution is 2.06. The summed E-state index contributed by atoms with van der Waals surface area (Å²) < 4.78 is 39.1. The van der Waals surface area contributed by atoms with Crippen LogP contribution in [0.15, 0.2) is 24.3 Å². The zero-order valence-corrected chi connectivity index (χ0v) is 12.8. The molecular weight excluding hydrogens is 279 g/mol. The molecule has 0 bridgehead atoms. The van der Waals surface area contributed by atoms with E-state index in [1.807, 2.05) is 6.92 Å². The molecular formula is C14H23FN2O2S. The van der Waals surface area contributed by atoms with E-state index in [4.69, 9.17) is 0 Å². The van der Waals surface area contributed by atoms with Gasteiger partial charge in [-0.25, -0.2) is 17.5 Å². The van der Waals surface area contributed by atoms with E-state index in [1.165, 1.54) is 12.1 Å². The lowest BCUT2D eigenvalue weighted by molar-refractivity contribution is 0.555. The molecule has 0 aliphatic heterocycles. The molecule has 2 N–H and O–H groups in total. The van der Waals surface area contributed by atoms with E-state index in [-0.39, 0.29) is 17.6 Å². The summed E-state index contributed by atoms with van der Waals surface area (Å²) in [6.07, 6.45) is 1.52. The maximum absolute atomic E-state index is 12.8. The third-order valence-electron chi connectivity index (χ3n) is 2.81. The van der Waals surface area contributed by atoms with Gasteiger partial charge in [-0.2, -0.15) is 0 Å². The van der Waals surface area contributed by atoms with Crippen LogP contribution < -0.4 is 10.0 Å². The third kappa shape index (κ3) is 6.98. The van der Waals surface area contributed by atoms with Crippen molar-refractivity contribution in [2.75, 3.05) is 18.8 Å². The Morgan fingerprint density at radius 3 is 2.45 bits per heavy atom. The van der Waals surface area contributed by atoms with Crippen molar-refractivity contribution in [3.8, 4) is 0 Å². The summed E-state index contributed by atoms with van der Waals surface area (Å²) in [5, 5.41) is 3.06. The van der Waals surface area contributed by atoms with Crippen molar-refractivity contribution in [3.05, 3.63) is 35.6 Å². The Bertz CT molecular complexity index is 488. The van der Waals surface area contributed by atoms with E-state index in [0.717, 1.165) is 18.5 Å². The Morgan fingerprint density at radius 2 is 1.85 bits per heavy atom. The van der Waals surface area contributed by atoms with E-state index < -0.39 is 10.0 Å². The summed E-state index contributed by atoms with van der Waals surface area (Å²) in [5.74, 6) is -0.218. The lowest BCUT2D eigenvalue weighted by atomic mass is 10.1. The summed E-state index contributed by atoms with van der Waals surface area (Å²) in [6.45, 7) is 5.11. The van der Waals surface area contributed by atoms with Crippen LogP contribution in [0.3, 0.4) is 0 Å². The van der Waals surface area contributed by atoms with Gasteiger partial charge < -0.3 is 5.32 Å². The van der Waals surface area contributed by atoms with Crippen LogP contribution in [0.2, 0.25) is 0 Å². The first kappa shape index (κ1) is 17.1. The lowest BCUT2D eigenvalue weighted by Gasteiger charge is -2.14. The smallest absolute Gasteiger partial charge is 0.213 e. The van der Waals surface area contributed by atoms with Crippen molar-refractivity contribution in [1.82, 2.24) is 10.0 Å². The van der Waals surface area contributed by atoms with Gasteiger partial charge >= 0.3 is 0 Å². The van der Waals surface area contributed by atoms with Gasteiger partial charge in [0, 0.05) is 12.6 Å². The van der Waals surface area contributed by atoms with Gasteiger partial charge in [0.15, 0.2) is 0 Å². The highest BCUT2D eigenvalue weighted by Gasteiger charge is 2.14. The van der Waals surface area contributed by atoms with Gasteiger partial charge in [0.2, 0.25) is 10.0 Å². The van der Waals surface area contributed by atoms with E-state index >= 15 is 0 Å². The van der Waals surface area contributed by atoms with Crippen molar-refractivity contribution >= 4 is 10.0 Å². The summed E-state index contributed by atoms with van der Waals surface area (Å²) in [6, 6.07) is 5.89. The quantitative estimate of drug-likeness (QED) is 0.682. The van der Waals surface area contributed by atoms with Gasteiger partial charge in [-0.15, -0.1) is 0 Å². The molecule has 0 heterocycles. The van der Waals surface area contributed by atoms with Gasteiger partial charge in [-0.3, -0.25) is 0 Å². The second-order valence-corrected chi connectivity index (χ2v) is 6.79. The number of hydrogen-bond donors (Lipinski definition) is 2. The highest BCUT2D eigenvalue weighted by molar-refractivity contribution is 7.89. The molecule has 20 heavy (non-hydrogen) atoms. The van der Waals surface area contributed by atoms with Crippen molar-refractivity contribution in [2.45, 2.75) is 32.7 Å². The molecule has 0 aromatic heterocycles. The molecule has 1 rings (SSSR count). The Labute approximate surface area is 120 Å². The van der Waals surface area contributed by atoms with E-state index in [0.29, 0.717) is 13.0 Å². The molecule has 1 atom stereocenters. The molecule has 0 spiro atoms. The predicted octanol–water partition coefficient (Wildman–Crippen LogP) is 1.68. The Kier molecular flexibility index (Phi) is 7.12. The monoisotopic (exact) mass is 302 g/mol. The second kappa shape index (κ2) is 8.34. The molecule has 0 saturated heterocycles. The maximum atomic E-state index is 12.8. The number of rotatable bonds is 9. The third-order valence-corrected chi connectivity index (χ3v) is 4.31. The fourth-order valence-electron chi connectivity index (χ4n) is 1.89. The van der Waals surface area contributed by atoms with E-state index in [2.05, 4.69) is 10.0 Å². The number of benzene rings is 1. The lowest BCUT2D eigenvalue weighted by Crippen LogP contribution is -2.38. The van der Waals surface area contributed by atoms with Gasteiger partial charge in [0.1, 0.15) is 5.82 Å². The van der Waals surface area contributed by atoms with Crippen LogP contribution in [-0.2, 0) is 16.4 Å². The molecule has 0 amide bonds. The van der Waals surface area contributed by atoms with E-state index in [1.54, 1.807) is 19.1 Å². The Balaban J connectivity index is 2.40. The standard InChI is InChI=1S/C14H23FN2O2S/c1-3-8-16-9-10-20(18,19)17-12(2)11-13-4-6-14(15)7-5-13/h4-7,12,16-17H,3,8-11H2,1-2H3. The molecule has 6 heteroatoms. The number of nitrogens with one attached hydrogen (secondary N) is 2. The van der Waals surface area contributed by atoms with Crippen molar-refractivity contribution in [1.29, 1.82) is 0 Å². The minimum Gasteiger partial charge on any atom is -0.316 e. The summed E-state index contributed by atoms with van der Waals surface area (Å²) in [4.78, 5) is 0. The van der Waals surface area contributed by atoms with Gasteiger partial charge in [0.25, 0.3) is 0 Å². The molecule has 1 aromatic rings. The normalized spacial score (nSPS) is 13.3. The summed E-state index contributed by atoms with van der Waals surface area (Å²) in [7, 11) is -3.28. The second-order valence-electron chi connectivity index (χ2n) is 4.92. The number of hydrogen-bond acceptors (Lipinski definition) is 3. The summed E-state index contributed by atoms with van der Waals surface area (Å²) >= 11 is 0. The molecule has 0 aliphatic rings. The average Bonchev–Trinajstić information content (AvgIpc) is 2.37. The van der Waals surface area contributed by atoms with Crippen LogP contribution in [0.5, 0.6) is 0 Å². The van der Waals surface area contributed by atoms with Crippen LogP contribution >= 0.6 is 0 Å². The summed E-state index contributed by atoms with van der Waals surface area (Å²) in [5.41, 5.74) is 0.908. The highest BCUT2D eigenvalue weighted by atomic mass is 32.2. The fourth-order valence-corrected chi connectivity index (χ4v) is 3.12. The minimum atomic E-state index is -3.28. The number of sulfonamides is 1.